The largest absolute Gasteiger partial charge is 0.177 e. The summed E-state index contributed by atoms with van der Waals surface area (Å²) in [7, 11) is 0. The van der Waals surface area contributed by atoms with E-state index in [1.54, 1.807) is 6.08 Å². The summed E-state index contributed by atoms with van der Waals surface area (Å²) >= 11 is 0. The highest BCUT2D eigenvalue weighted by molar-refractivity contribution is 5.37. The highest BCUT2D eigenvalue weighted by Gasteiger charge is 1.77. The first-order valence-corrected chi connectivity index (χ1v) is 1.58. The average Bonchev–Trinajstić information content (AvgIpc) is 1.72. The smallest absolute Gasteiger partial charge is 0.115 e. The van der Waals surface area contributed by atoms with Gasteiger partial charge in [0.15, 0.2) is 23.8 Å². The van der Waals surface area contributed by atoms with E-state index in [2.05, 4.69) is 29.8 Å². The lowest BCUT2D eigenvalue weighted by Gasteiger charge is -1.48. The maximum atomic E-state index is 2.62. The normalized spacial score (nSPS) is 9.33. The summed E-state index contributed by atoms with van der Waals surface area (Å²) in [5.74, 6) is 10.3. The molecule has 0 aliphatic heterocycles. The van der Waals surface area contributed by atoms with Crippen molar-refractivity contribution < 1.29 is 0 Å². The van der Waals surface area contributed by atoms with Crippen LogP contribution in [0.5, 0.6) is 0 Å². The van der Waals surface area contributed by atoms with Crippen molar-refractivity contribution in [2.45, 2.75) is 0 Å². The lowest BCUT2D eigenvalue weighted by Crippen LogP contribution is -1.58. The van der Waals surface area contributed by atoms with E-state index in [1.807, 2.05) is 0 Å². The lowest BCUT2D eigenvalue weighted by atomic mass is 10.4. The van der Waals surface area contributed by atoms with Crippen LogP contribution in [0.1, 0.15) is 0 Å². The third-order valence-corrected chi connectivity index (χ3v) is 0.414. The maximum absolute atomic E-state index is 2.62. The predicted molar refractivity (Wildman–Crippen MR) is 23.4 cm³/mol. The second-order valence-electron chi connectivity index (χ2n) is 0.808. The molecular weight excluding hydrogens is 72.1 g/mol. The maximum Gasteiger partial charge on any atom is 0.177 e. The van der Waals surface area contributed by atoms with E-state index >= 15 is 0 Å². The van der Waals surface area contributed by atoms with Crippen molar-refractivity contribution in [3.05, 3.63) is 12.2 Å². The quantitative estimate of drug-likeness (QED) is 0.287. The molecule has 0 N–H and O–H groups in total. The van der Waals surface area contributed by atoms with E-state index in [4.69, 9.17) is 0 Å². The number of hydrogen-bond donors (Lipinski definition) is 0. The molecule has 6 heavy (non-hydrogen) atoms. The first-order valence-electron chi connectivity index (χ1n) is 1.58. The SMILES string of the molecule is C1#C[C+]=CC#C1. The minimum atomic E-state index is 1.61. The van der Waals surface area contributed by atoms with E-state index in [0.29, 0.717) is 0 Å². The lowest BCUT2D eigenvalue weighted by molar-refractivity contribution is 2.00. The third-order valence-electron chi connectivity index (χ3n) is 0.414. The zero-order valence-corrected chi connectivity index (χ0v) is 3.08. The van der Waals surface area contributed by atoms with E-state index in [1.165, 1.54) is 0 Å². The molecule has 0 heteroatoms. The fraction of sp³-hybridized carbons (Fsp3) is 0. The number of hydrogen-bond acceptors (Lipinski definition) is 0. The Hall–Kier alpha value is -1.23. The second-order valence-corrected chi connectivity index (χ2v) is 0.808. The van der Waals surface area contributed by atoms with Crippen LogP contribution in [0.2, 0.25) is 0 Å². The molecule has 0 radical (unpaired) electrons. The van der Waals surface area contributed by atoms with Gasteiger partial charge < -0.3 is 0 Å². The topological polar surface area (TPSA) is 0 Å². The second kappa shape index (κ2) is 1.27. The zero-order chi connectivity index (χ0) is 4.24. The van der Waals surface area contributed by atoms with Gasteiger partial charge in [0.25, 0.3) is 0 Å². The highest BCUT2D eigenvalue weighted by Crippen LogP contribution is 1.68. The fourth-order valence-corrected chi connectivity index (χ4v) is 0.212. The van der Waals surface area contributed by atoms with Crippen molar-refractivity contribution in [1.29, 1.82) is 0 Å². The Morgan fingerprint density at radius 1 is 1.33 bits per heavy atom. The number of allylic oxidation sites excluding steroid dienone is 2. The molecule has 0 aromatic carbocycles. The minimum Gasteiger partial charge on any atom is 0.115 e. The Morgan fingerprint density at radius 2 is 2.33 bits per heavy atom. The van der Waals surface area contributed by atoms with Gasteiger partial charge in [-0.3, -0.25) is 0 Å². The average molecular weight is 73.1 g/mol. The van der Waals surface area contributed by atoms with Crippen molar-refractivity contribution in [3.63, 3.8) is 0 Å². The summed E-state index contributed by atoms with van der Waals surface area (Å²) < 4.78 is 0. The molecule has 0 fully saturated rings. The van der Waals surface area contributed by atoms with Crippen molar-refractivity contribution in [3.8, 4) is 23.7 Å². The molecule has 0 saturated carbocycles. The van der Waals surface area contributed by atoms with E-state index < -0.39 is 0 Å². The molecule has 0 aromatic rings. The molecule has 0 aromatic heterocycles. The molecule has 1 rings (SSSR count). The van der Waals surface area contributed by atoms with Crippen LogP contribution < -0.4 is 0 Å². The Labute approximate surface area is 36.9 Å². The standard InChI is InChI=1S/C6H/c1-2-4-6-5-3-1/h1H/q+1. The van der Waals surface area contributed by atoms with E-state index in [9.17, 15) is 0 Å². The molecule has 1 aliphatic rings. The summed E-state index contributed by atoms with van der Waals surface area (Å²) in [4.78, 5) is 0. The first-order chi connectivity index (χ1) is 3.00. The van der Waals surface area contributed by atoms with Crippen LogP contribution >= 0.6 is 0 Å². The van der Waals surface area contributed by atoms with Crippen LogP contribution in [0, 0.1) is 29.8 Å². The Bertz CT molecular complexity index is 154. The van der Waals surface area contributed by atoms with Gasteiger partial charge in [-0.2, -0.15) is 0 Å². The van der Waals surface area contributed by atoms with Gasteiger partial charge in [-0.25, -0.2) is 0 Å². The van der Waals surface area contributed by atoms with E-state index in [0.717, 1.165) is 0 Å². The predicted octanol–water partition coefficient (Wildman–Crippen LogP) is 0.366. The minimum absolute atomic E-state index is 1.61. The monoisotopic (exact) mass is 73.0 g/mol. The molecule has 0 atom stereocenters. The number of rotatable bonds is 0. The van der Waals surface area contributed by atoms with Gasteiger partial charge in [0.2, 0.25) is 0 Å². The molecule has 0 saturated heterocycles. The van der Waals surface area contributed by atoms with Gasteiger partial charge in [0.1, 0.15) is 12.0 Å². The third kappa shape index (κ3) is 0.381. The van der Waals surface area contributed by atoms with Crippen molar-refractivity contribution in [2.75, 3.05) is 0 Å². The van der Waals surface area contributed by atoms with Gasteiger partial charge >= 0.3 is 0 Å². The molecule has 0 bridgehead atoms. The molecule has 24 valence electrons. The summed E-state index contributed by atoms with van der Waals surface area (Å²) in [6, 6.07) is 0. The zero-order valence-electron chi connectivity index (χ0n) is 3.08. The van der Waals surface area contributed by atoms with Gasteiger partial charge in [-0.05, 0) is 0 Å². The van der Waals surface area contributed by atoms with Crippen LogP contribution in [0.15, 0.2) is 6.08 Å². The molecule has 0 spiro atoms. The molecule has 0 unspecified atom stereocenters. The first kappa shape index (κ1) is 2.98. The van der Waals surface area contributed by atoms with Crippen molar-refractivity contribution in [1.82, 2.24) is 0 Å². The molecule has 0 heterocycles. The van der Waals surface area contributed by atoms with Crippen molar-refractivity contribution >= 4 is 0 Å². The Morgan fingerprint density at radius 3 is 2.50 bits per heavy atom. The van der Waals surface area contributed by atoms with Crippen LogP contribution in [-0.2, 0) is 0 Å². The highest BCUT2D eigenvalue weighted by atomic mass is 13.6. The summed E-state index contributed by atoms with van der Waals surface area (Å²) in [5, 5.41) is 0. The van der Waals surface area contributed by atoms with Crippen LogP contribution in [0.4, 0.5) is 0 Å². The van der Waals surface area contributed by atoms with Gasteiger partial charge in [0, 0.05) is 0 Å². The summed E-state index contributed by atoms with van der Waals surface area (Å²) in [6.45, 7) is 0. The summed E-state index contributed by atoms with van der Waals surface area (Å²) in [5.41, 5.74) is 0. The van der Waals surface area contributed by atoms with Gasteiger partial charge in [-0.1, -0.05) is 0 Å². The Kier molecular flexibility index (Phi) is 0.631. The van der Waals surface area contributed by atoms with Crippen LogP contribution in [-0.4, -0.2) is 0 Å². The molecule has 0 amide bonds. The van der Waals surface area contributed by atoms with Crippen LogP contribution in [0.3, 0.4) is 0 Å². The molecule has 0 nitrogen and oxygen atoms in total. The summed E-state index contributed by atoms with van der Waals surface area (Å²) in [6.07, 6.45) is 4.23. The van der Waals surface area contributed by atoms with Crippen molar-refractivity contribution in [2.24, 2.45) is 0 Å². The van der Waals surface area contributed by atoms with Gasteiger partial charge in [-0.15, -0.1) is 0 Å². The van der Waals surface area contributed by atoms with Crippen LogP contribution in [0.25, 0.3) is 0 Å². The fourth-order valence-electron chi connectivity index (χ4n) is 0.212. The molecular formula is C6H+. The van der Waals surface area contributed by atoms with Gasteiger partial charge in [0.05, 0.1) is 0 Å². The molecule has 1 aliphatic carbocycles. The van der Waals surface area contributed by atoms with E-state index in [-0.39, 0.29) is 0 Å². The Balaban J connectivity index is 3.03.